The molecule has 0 radical (unpaired) electrons. The maximum absolute atomic E-state index is 11.5. The Morgan fingerprint density at radius 2 is 1.79 bits per heavy atom. The highest BCUT2D eigenvalue weighted by Crippen LogP contribution is 1.98. The van der Waals surface area contributed by atoms with Gasteiger partial charge in [0.1, 0.15) is 0 Å². The molecule has 0 spiro atoms. The van der Waals surface area contributed by atoms with Gasteiger partial charge in [0.25, 0.3) is 0 Å². The molecule has 1 amide bonds. The van der Waals surface area contributed by atoms with E-state index < -0.39 is 0 Å². The Morgan fingerprint density at radius 3 is 2.29 bits per heavy atom. The summed E-state index contributed by atoms with van der Waals surface area (Å²) >= 11 is 4.08. The second kappa shape index (κ2) is 8.12. The number of carbonyl (C=O) groups excluding carboxylic acids is 1. The van der Waals surface area contributed by atoms with Crippen molar-refractivity contribution in [3.63, 3.8) is 0 Å². The van der Waals surface area contributed by atoms with E-state index in [0.29, 0.717) is 6.42 Å². The molecule has 0 heterocycles. The maximum Gasteiger partial charge on any atom is 0.222 e. The van der Waals surface area contributed by atoms with Crippen LogP contribution in [0.4, 0.5) is 0 Å². The van der Waals surface area contributed by atoms with E-state index >= 15 is 0 Å². The summed E-state index contributed by atoms with van der Waals surface area (Å²) in [6.45, 7) is 1.88. The molecule has 0 aliphatic heterocycles. The molecule has 4 heteroatoms. The number of thiol groups is 1. The first-order chi connectivity index (χ1) is 6.57. The van der Waals surface area contributed by atoms with Crippen molar-refractivity contribution in [2.45, 2.75) is 19.3 Å². The molecule has 0 bridgehead atoms. The summed E-state index contributed by atoms with van der Waals surface area (Å²) in [5.41, 5.74) is 0. The van der Waals surface area contributed by atoms with Crippen LogP contribution in [0.2, 0.25) is 0 Å². The van der Waals surface area contributed by atoms with Gasteiger partial charge in [-0.1, -0.05) is 0 Å². The minimum atomic E-state index is 0.234. The lowest BCUT2D eigenvalue weighted by atomic mass is 10.3. The zero-order chi connectivity index (χ0) is 11.0. The minimum Gasteiger partial charge on any atom is -0.346 e. The van der Waals surface area contributed by atoms with Gasteiger partial charge in [-0.3, -0.25) is 4.79 Å². The fourth-order valence-corrected chi connectivity index (χ4v) is 1.33. The normalized spacial score (nSPS) is 10.6. The fraction of sp³-hybridized carbons (Fsp3) is 0.900. The third-order valence-corrected chi connectivity index (χ3v) is 2.39. The third kappa shape index (κ3) is 7.21. The predicted octanol–water partition coefficient (Wildman–Crippen LogP) is 1.11. The summed E-state index contributed by atoms with van der Waals surface area (Å²) in [5.74, 6) is 1.02. The largest absolute Gasteiger partial charge is 0.346 e. The van der Waals surface area contributed by atoms with Gasteiger partial charge in [-0.2, -0.15) is 12.6 Å². The molecule has 0 atom stereocenters. The zero-order valence-corrected chi connectivity index (χ0v) is 10.4. The Bertz CT molecular complexity index is 162. The Morgan fingerprint density at radius 1 is 1.14 bits per heavy atom. The van der Waals surface area contributed by atoms with E-state index in [1.165, 1.54) is 0 Å². The Kier molecular flexibility index (Phi) is 7.99. The summed E-state index contributed by atoms with van der Waals surface area (Å²) in [7, 11) is 5.96. The van der Waals surface area contributed by atoms with Crippen LogP contribution in [0.25, 0.3) is 0 Å². The average molecular weight is 218 g/mol. The molecule has 0 aromatic rings. The van der Waals surface area contributed by atoms with Gasteiger partial charge >= 0.3 is 0 Å². The molecule has 3 nitrogen and oxygen atoms in total. The summed E-state index contributed by atoms with van der Waals surface area (Å²) in [6.07, 6.45) is 2.54. The third-order valence-electron chi connectivity index (χ3n) is 2.07. The van der Waals surface area contributed by atoms with Gasteiger partial charge in [-0.25, -0.2) is 0 Å². The highest BCUT2D eigenvalue weighted by Gasteiger charge is 2.06. The summed E-state index contributed by atoms with van der Waals surface area (Å²) in [5, 5.41) is 0. The van der Waals surface area contributed by atoms with E-state index in [0.717, 1.165) is 31.7 Å². The Labute approximate surface area is 92.9 Å². The highest BCUT2D eigenvalue weighted by atomic mass is 32.1. The molecule has 0 saturated heterocycles. The number of nitrogens with zero attached hydrogens (tertiary/aromatic N) is 2. The van der Waals surface area contributed by atoms with E-state index in [1.54, 1.807) is 0 Å². The molecule has 0 aliphatic carbocycles. The van der Waals surface area contributed by atoms with Gasteiger partial charge < -0.3 is 9.80 Å². The van der Waals surface area contributed by atoms with Crippen molar-refractivity contribution < 1.29 is 4.79 Å². The van der Waals surface area contributed by atoms with Crippen molar-refractivity contribution in [2.75, 3.05) is 40.0 Å². The molecular weight excluding hydrogens is 196 g/mol. The van der Waals surface area contributed by atoms with Gasteiger partial charge in [-0.15, -0.1) is 0 Å². The summed E-state index contributed by atoms with van der Waals surface area (Å²) < 4.78 is 0. The van der Waals surface area contributed by atoms with Crippen molar-refractivity contribution in [3.8, 4) is 0 Å². The number of amides is 1. The average Bonchev–Trinajstić information content (AvgIpc) is 2.13. The summed E-state index contributed by atoms with van der Waals surface area (Å²) in [6, 6.07) is 0. The van der Waals surface area contributed by atoms with Gasteiger partial charge in [0.2, 0.25) is 5.91 Å². The first-order valence-electron chi connectivity index (χ1n) is 5.07. The molecule has 14 heavy (non-hydrogen) atoms. The van der Waals surface area contributed by atoms with Gasteiger partial charge in [0.15, 0.2) is 0 Å². The van der Waals surface area contributed by atoms with Crippen LogP contribution < -0.4 is 0 Å². The SMILES string of the molecule is CN(C)CCCN(C)C(=O)CCCS. The van der Waals surface area contributed by atoms with E-state index in [2.05, 4.69) is 17.5 Å². The second-order valence-corrected chi connectivity index (χ2v) is 4.25. The highest BCUT2D eigenvalue weighted by molar-refractivity contribution is 7.80. The zero-order valence-electron chi connectivity index (χ0n) is 9.49. The minimum absolute atomic E-state index is 0.234. The first kappa shape index (κ1) is 13.8. The van der Waals surface area contributed by atoms with Crippen molar-refractivity contribution in [1.82, 2.24) is 9.80 Å². The Hall–Kier alpha value is -0.220. The fourth-order valence-electron chi connectivity index (χ4n) is 1.17. The van der Waals surface area contributed by atoms with Crippen molar-refractivity contribution in [3.05, 3.63) is 0 Å². The maximum atomic E-state index is 11.5. The van der Waals surface area contributed by atoms with Crippen LogP contribution in [-0.2, 0) is 4.79 Å². The molecule has 0 aromatic heterocycles. The molecular formula is C10H22N2OS. The Balaban J connectivity index is 3.51. The number of rotatable bonds is 7. The van der Waals surface area contributed by atoms with E-state index in [1.807, 2.05) is 26.0 Å². The number of carbonyl (C=O) groups is 1. The van der Waals surface area contributed by atoms with E-state index in [4.69, 9.17) is 0 Å². The smallest absolute Gasteiger partial charge is 0.222 e. The van der Waals surface area contributed by atoms with Gasteiger partial charge in [0, 0.05) is 20.0 Å². The van der Waals surface area contributed by atoms with Crippen molar-refractivity contribution >= 4 is 18.5 Å². The topological polar surface area (TPSA) is 23.6 Å². The molecule has 0 aliphatic rings. The molecule has 84 valence electrons. The first-order valence-corrected chi connectivity index (χ1v) is 5.70. The second-order valence-electron chi connectivity index (χ2n) is 3.80. The van der Waals surface area contributed by atoms with E-state index in [-0.39, 0.29) is 5.91 Å². The molecule has 0 aromatic carbocycles. The van der Waals surface area contributed by atoms with Crippen LogP contribution in [0.15, 0.2) is 0 Å². The summed E-state index contributed by atoms with van der Waals surface area (Å²) in [4.78, 5) is 15.4. The molecule has 0 rings (SSSR count). The number of hydrogen-bond acceptors (Lipinski definition) is 3. The number of hydrogen-bond donors (Lipinski definition) is 1. The standard InChI is InChI=1S/C10H22N2OS/c1-11(2)7-5-8-12(3)10(13)6-4-9-14/h14H,4-9H2,1-3H3. The molecule has 0 unspecified atom stereocenters. The lowest BCUT2D eigenvalue weighted by Gasteiger charge is -2.18. The lowest BCUT2D eigenvalue weighted by Crippen LogP contribution is -2.29. The van der Waals surface area contributed by atoms with Crippen LogP contribution in [0.5, 0.6) is 0 Å². The van der Waals surface area contributed by atoms with Crippen molar-refractivity contribution in [2.24, 2.45) is 0 Å². The molecule has 0 fully saturated rings. The van der Waals surface area contributed by atoms with Gasteiger partial charge in [-0.05, 0) is 39.2 Å². The lowest BCUT2D eigenvalue weighted by molar-refractivity contribution is -0.129. The van der Waals surface area contributed by atoms with Crippen LogP contribution in [0, 0.1) is 0 Å². The van der Waals surface area contributed by atoms with Crippen LogP contribution in [0.3, 0.4) is 0 Å². The molecule has 0 N–H and O–H groups in total. The quantitative estimate of drug-likeness (QED) is 0.647. The predicted molar refractivity (Wildman–Crippen MR) is 63.9 cm³/mol. The van der Waals surface area contributed by atoms with Crippen LogP contribution in [-0.4, -0.2) is 55.7 Å². The van der Waals surface area contributed by atoms with E-state index in [9.17, 15) is 4.79 Å². The monoisotopic (exact) mass is 218 g/mol. The van der Waals surface area contributed by atoms with Crippen LogP contribution in [0.1, 0.15) is 19.3 Å². The molecule has 0 saturated carbocycles. The van der Waals surface area contributed by atoms with Gasteiger partial charge in [0.05, 0.1) is 0 Å². The van der Waals surface area contributed by atoms with Crippen molar-refractivity contribution in [1.29, 1.82) is 0 Å². The van der Waals surface area contributed by atoms with Crippen LogP contribution >= 0.6 is 12.6 Å².